The molecular formula is C24H19N5O. The number of hydrogen-bond donors (Lipinski definition) is 1. The second-order valence-corrected chi connectivity index (χ2v) is 6.79. The van der Waals surface area contributed by atoms with Gasteiger partial charge in [-0.25, -0.2) is 9.50 Å². The summed E-state index contributed by atoms with van der Waals surface area (Å²) in [6.45, 7) is 0.546. The van der Waals surface area contributed by atoms with Gasteiger partial charge in [0.1, 0.15) is 12.4 Å². The molecule has 0 saturated carbocycles. The van der Waals surface area contributed by atoms with Crippen molar-refractivity contribution >= 4 is 17.2 Å². The maximum atomic E-state index is 5.85. The van der Waals surface area contributed by atoms with Crippen LogP contribution in [0.1, 0.15) is 5.56 Å². The SMILES string of the molecule is c1ccc(COc2ccc(Nc3ccc4ncc(-c5ccncc5)n4n3)cc2)cc1. The largest absolute Gasteiger partial charge is 0.489 e. The van der Waals surface area contributed by atoms with Gasteiger partial charge in [-0.2, -0.15) is 0 Å². The molecule has 0 unspecified atom stereocenters. The van der Waals surface area contributed by atoms with Gasteiger partial charge in [0.05, 0.1) is 11.9 Å². The highest BCUT2D eigenvalue weighted by molar-refractivity contribution is 5.64. The molecule has 146 valence electrons. The third kappa shape index (κ3) is 3.84. The molecule has 0 spiro atoms. The van der Waals surface area contributed by atoms with Crippen LogP contribution in [0.5, 0.6) is 5.75 Å². The number of nitrogens with zero attached hydrogens (tertiary/aromatic N) is 4. The molecule has 6 heteroatoms. The summed E-state index contributed by atoms with van der Waals surface area (Å²) < 4.78 is 7.68. The van der Waals surface area contributed by atoms with Crippen molar-refractivity contribution in [3.05, 3.63) is 103 Å². The Hall–Kier alpha value is -4.19. The van der Waals surface area contributed by atoms with Crippen LogP contribution in [0.15, 0.2) is 97.5 Å². The molecule has 0 fully saturated rings. The van der Waals surface area contributed by atoms with Crippen molar-refractivity contribution in [2.24, 2.45) is 0 Å². The summed E-state index contributed by atoms with van der Waals surface area (Å²) in [7, 11) is 0. The summed E-state index contributed by atoms with van der Waals surface area (Å²) in [6.07, 6.45) is 5.34. The fraction of sp³-hybridized carbons (Fsp3) is 0.0417. The minimum Gasteiger partial charge on any atom is -0.489 e. The van der Waals surface area contributed by atoms with Crippen LogP contribution in [0.3, 0.4) is 0 Å². The predicted molar refractivity (Wildman–Crippen MR) is 117 cm³/mol. The zero-order valence-corrected chi connectivity index (χ0v) is 16.1. The molecule has 0 aliphatic heterocycles. The van der Waals surface area contributed by atoms with E-state index in [2.05, 4.69) is 15.3 Å². The molecule has 0 aliphatic carbocycles. The molecule has 0 saturated heterocycles. The van der Waals surface area contributed by atoms with Crippen LogP contribution in [0.2, 0.25) is 0 Å². The predicted octanol–water partition coefficient (Wildman–Crippen LogP) is 5.11. The summed E-state index contributed by atoms with van der Waals surface area (Å²) in [6, 6.07) is 25.7. The van der Waals surface area contributed by atoms with E-state index in [9.17, 15) is 0 Å². The number of fused-ring (bicyclic) bond motifs is 1. The van der Waals surface area contributed by atoms with Gasteiger partial charge in [0, 0.05) is 23.6 Å². The molecule has 6 nitrogen and oxygen atoms in total. The summed E-state index contributed by atoms with van der Waals surface area (Å²) in [4.78, 5) is 8.51. The van der Waals surface area contributed by atoms with E-state index in [1.54, 1.807) is 12.4 Å². The van der Waals surface area contributed by atoms with E-state index in [-0.39, 0.29) is 0 Å². The van der Waals surface area contributed by atoms with Gasteiger partial charge in [0.15, 0.2) is 11.5 Å². The first kappa shape index (κ1) is 17.9. The number of hydrogen-bond acceptors (Lipinski definition) is 5. The highest BCUT2D eigenvalue weighted by Gasteiger charge is 2.08. The lowest BCUT2D eigenvalue weighted by molar-refractivity contribution is 0.306. The Bertz CT molecular complexity index is 1250. The van der Waals surface area contributed by atoms with E-state index >= 15 is 0 Å². The minimum atomic E-state index is 0.546. The molecule has 3 heterocycles. The summed E-state index contributed by atoms with van der Waals surface area (Å²) in [5.74, 6) is 1.55. The Kier molecular flexibility index (Phi) is 4.79. The Morgan fingerprint density at radius 3 is 2.43 bits per heavy atom. The Labute approximate surface area is 173 Å². The molecular weight excluding hydrogens is 374 g/mol. The average molecular weight is 393 g/mol. The highest BCUT2D eigenvalue weighted by atomic mass is 16.5. The lowest BCUT2D eigenvalue weighted by atomic mass is 10.2. The normalized spacial score (nSPS) is 10.8. The second-order valence-electron chi connectivity index (χ2n) is 6.79. The number of imidazole rings is 1. The van der Waals surface area contributed by atoms with E-state index in [4.69, 9.17) is 9.84 Å². The quantitative estimate of drug-likeness (QED) is 0.434. The monoisotopic (exact) mass is 393 g/mol. The van der Waals surface area contributed by atoms with Crippen LogP contribution < -0.4 is 10.1 Å². The van der Waals surface area contributed by atoms with E-state index in [0.29, 0.717) is 6.61 Å². The van der Waals surface area contributed by atoms with Gasteiger partial charge < -0.3 is 10.1 Å². The number of ether oxygens (including phenoxy) is 1. The van der Waals surface area contributed by atoms with Crippen molar-refractivity contribution in [3.63, 3.8) is 0 Å². The van der Waals surface area contributed by atoms with E-state index in [0.717, 1.165) is 39.7 Å². The summed E-state index contributed by atoms with van der Waals surface area (Å²) in [5, 5.41) is 8.03. The van der Waals surface area contributed by atoms with Crippen molar-refractivity contribution in [1.82, 2.24) is 19.6 Å². The number of nitrogens with one attached hydrogen (secondary N) is 1. The second kappa shape index (κ2) is 8.05. The van der Waals surface area contributed by atoms with Gasteiger partial charge in [-0.05, 0) is 54.1 Å². The lowest BCUT2D eigenvalue weighted by Gasteiger charge is -2.09. The maximum Gasteiger partial charge on any atom is 0.154 e. The number of anilines is 2. The van der Waals surface area contributed by atoms with Crippen LogP contribution in [0, 0.1) is 0 Å². The zero-order valence-electron chi connectivity index (χ0n) is 16.1. The molecule has 0 radical (unpaired) electrons. The van der Waals surface area contributed by atoms with Gasteiger partial charge in [-0.1, -0.05) is 30.3 Å². The third-order valence-electron chi connectivity index (χ3n) is 4.71. The van der Waals surface area contributed by atoms with Crippen molar-refractivity contribution < 1.29 is 4.74 Å². The molecule has 0 aliphatic rings. The number of aromatic nitrogens is 4. The molecule has 0 amide bonds. The molecule has 30 heavy (non-hydrogen) atoms. The highest BCUT2D eigenvalue weighted by Crippen LogP contribution is 2.23. The number of rotatable bonds is 6. The standard InChI is InChI=1S/C24H19N5O/c1-2-4-18(5-3-1)17-30-21-8-6-20(7-9-21)27-23-10-11-24-26-16-22(29(24)28-23)19-12-14-25-15-13-19/h1-16H,17H2,(H,27,28). The van der Waals surface area contributed by atoms with Crippen molar-refractivity contribution in [2.45, 2.75) is 6.61 Å². The van der Waals surface area contributed by atoms with Gasteiger partial charge in [-0.15, -0.1) is 5.10 Å². The minimum absolute atomic E-state index is 0.546. The summed E-state index contributed by atoms with van der Waals surface area (Å²) >= 11 is 0. The van der Waals surface area contributed by atoms with Crippen molar-refractivity contribution in [3.8, 4) is 17.0 Å². The fourth-order valence-corrected chi connectivity index (χ4v) is 3.18. The van der Waals surface area contributed by atoms with Gasteiger partial charge in [0.25, 0.3) is 0 Å². The smallest absolute Gasteiger partial charge is 0.154 e. The van der Waals surface area contributed by atoms with Crippen LogP contribution in [-0.2, 0) is 6.61 Å². The van der Waals surface area contributed by atoms with Gasteiger partial charge in [-0.3, -0.25) is 4.98 Å². The summed E-state index contributed by atoms with van der Waals surface area (Å²) in [5.41, 5.74) is 4.79. The van der Waals surface area contributed by atoms with Crippen LogP contribution in [0.25, 0.3) is 16.9 Å². The first-order chi connectivity index (χ1) is 14.8. The van der Waals surface area contributed by atoms with Crippen LogP contribution in [-0.4, -0.2) is 19.6 Å². The first-order valence-corrected chi connectivity index (χ1v) is 9.64. The van der Waals surface area contributed by atoms with Gasteiger partial charge in [0.2, 0.25) is 0 Å². The molecule has 5 rings (SSSR count). The average Bonchev–Trinajstić information content (AvgIpc) is 3.23. The Balaban J connectivity index is 1.32. The Morgan fingerprint density at radius 1 is 0.833 bits per heavy atom. The van der Waals surface area contributed by atoms with Gasteiger partial charge >= 0.3 is 0 Å². The molecule has 0 bridgehead atoms. The van der Waals surface area contributed by atoms with Crippen LogP contribution >= 0.6 is 0 Å². The first-order valence-electron chi connectivity index (χ1n) is 9.64. The fourth-order valence-electron chi connectivity index (χ4n) is 3.18. The lowest BCUT2D eigenvalue weighted by Crippen LogP contribution is -2.00. The molecule has 2 aromatic carbocycles. The van der Waals surface area contributed by atoms with E-state index in [1.165, 1.54) is 0 Å². The van der Waals surface area contributed by atoms with Crippen molar-refractivity contribution in [2.75, 3.05) is 5.32 Å². The topological polar surface area (TPSA) is 64.3 Å². The zero-order chi connectivity index (χ0) is 20.2. The van der Waals surface area contributed by atoms with E-state index in [1.807, 2.05) is 89.6 Å². The van der Waals surface area contributed by atoms with E-state index < -0.39 is 0 Å². The number of pyridine rings is 1. The van der Waals surface area contributed by atoms with Crippen LogP contribution in [0.4, 0.5) is 11.5 Å². The van der Waals surface area contributed by atoms with Crippen molar-refractivity contribution in [1.29, 1.82) is 0 Å². The Morgan fingerprint density at radius 2 is 1.63 bits per heavy atom. The molecule has 1 N–H and O–H groups in total. The molecule has 3 aromatic heterocycles. The molecule has 5 aromatic rings. The number of benzene rings is 2. The third-order valence-corrected chi connectivity index (χ3v) is 4.71. The molecule has 0 atom stereocenters. The maximum absolute atomic E-state index is 5.85.